The van der Waals surface area contributed by atoms with Crippen molar-refractivity contribution in [3.63, 3.8) is 0 Å². The lowest BCUT2D eigenvalue weighted by Gasteiger charge is -2.31. The summed E-state index contributed by atoms with van der Waals surface area (Å²) in [4.78, 5) is 39.4. The van der Waals surface area contributed by atoms with Crippen molar-refractivity contribution in [1.29, 1.82) is 0 Å². The third-order valence-electron chi connectivity index (χ3n) is 5.53. The standard InChI is InChI=1S/C21H35N3O4/c1-3-28-21(27)24-14-10-19(11-15-24)22-20(26)12-16-23(17(2)25)13-9-18-7-5-4-6-8-18/h7,19H,3-6,8-16H2,1-2H3,(H,22,26). The van der Waals surface area contributed by atoms with Gasteiger partial charge < -0.3 is 19.9 Å². The molecule has 0 spiro atoms. The molecule has 0 aromatic rings. The van der Waals surface area contributed by atoms with Gasteiger partial charge >= 0.3 is 6.09 Å². The van der Waals surface area contributed by atoms with Crippen molar-refractivity contribution in [1.82, 2.24) is 15.1 Å². The first-order valence-corrected chi connectivity index (χ1v) is 10.6. The van der Waals surface area contributed by atoms with Gasteiger partial charge in [-0.05, 0) is 51.9 Å². The van der Waals surface area contributed by atoms with Gasteiger partial charge in [0, 0.05) is 45.6 Å². The Morgan fingerprint density at radius 1 is 1.21 bits per heavy atom. The second-order valence-electron chi connectivity index (χ2n) is 7.64. The van der Waals surface area contributed by atoms with Crippen LogP contribution in [0.5, 0.6) is 0 Å². The van der Waals surface area contributed by atoms with Crippen LogP contribution in [0.2, 0.25) is 0 Å². The second kappa shape index (κ2) is 11.7. The summed E-state index contributed by atoms with van der Waals surface area (Å²) in [5.41, 5.74) is 1.44. The fourth-order valence-electron chi connectivity index (χ4n) is 3.79. The molecule has 0 aromatic carbocycles. The van der Waals surface area contributed by atoms with Crippen LogP contribution in [0.25, 0.3) is 0 Å². The molecule has 1 N–H and O–H groups in total. The number of nitrogens with zero attached hydrogens (tertiary/aromatic N) is 2. The zero-order chi connectivity index (χ0) is 20.4. The summed E-state index contributed by atoms with van der Waals surface area (Å²) in [6, 6.07) is 0.0800. The second-order valence-corrected chi connectivity index (χ2v) is 7.64. The van der Waals surface area contributed by atoms with E-state index in [2.05, 4.69) is 11.4 Å². The van der Waals surface area contributed by atoms with Crippen LogP contribution in [0.3, 0.4) is 0 Å². The highest BCUT2D eigenvalue weighted by atomic mass is 16.6. The molecule has 7 heteroatoms. The van der Waals surface area contributed by atoms with Gasteiger partial charge in [-0.25, -0.2) is 4.79 Å². The maximum absolute atomic E-state index is 12.3. The molecule has 0 unspecified atom stereocenters. The fraction of sp³-hybridized carbons (Fsp3) is 0.762. The Balaban J connectivity index is 1.67. The number of piperidine rings is 1. The van der Waals surface area contributed by atoms with E-state index in [1.165, 1.54) is 18.4 Å². The summed E-state index contributed by atoms with van der Waals surface area (Å²) in [6.07, 6.45) is 9.49. The van der Waals surface area contributed by atoms with E-state index < -0.39 is 0 Å². The molecule has 28 heavy (non-hydrogen) atoms. The number of allylic oxidation sites excluding steroid dienone is 1. The molecule has 1 saturated heterocycles. The monoisotopic (exact) mass is 393 g/mol. The van der Waals surface area contributed by atoms with Crippen LogP contribution in [0.1, 0.15) is 65.2 Å². The predicted molar refractivity (Wildman–Crippen MR) is 108 cm³/mol. The van der Waals surface area contributed by atoms with Gasteiger partial charge in [0.2, 0.25) is 11.8 Å². The Morgan fingerprint density at radius 3 is 2.57 bits per heavy atom. The third kappa shape index (κ3) is 7.52. The SMILES string of the molecule is CCOC(=O)N1CCC(NC(=O)CCN(CCC2=CCCCC2)C(C)=O)CC1. The first kappa shape index (κ1) is 22.2. The van der Waals surface area contributed by atoms with Crippen LogP contribution in [0.4, 0.5) is 4.79 Å². The molecule has 1 aliphatic heterocycles. The molecule has 0 radical (unpaired) electrons. The minimum absolute atomic E-state index is 0.0203. The van der Waals surface area contributed by atoms with Gasteiger partial charge in [-0.15, -0.1) is 0 Å². The summed E-state index contributed by atoms with van der Waals surface area (Å²) in [6.45, 7) is 6.07. The van der Waals surface area contributed by atoms with Crippen LogP contribution >= 0.6 is 0 Å². The van der Waals surface area contributed by atoms with Gasteiger partial charge in [0.05, 0.1) is 6.61 Å². The summed E-state index contributed by atoms with van der Waals surface area (Å²) in [5, 5.41) is 3.04. The highest BCUT2D eigenvalue weighted by Crippen LogP contribution is 2.20. The van der Waals surface area contributed by atoms with E-state index in [4.69, 9.17) is 4.74 Å². The maximum Gasteiger partial charge on any atom is 0.409 e. The van der Waals surface area contributed by atoms with E-state index in [1.807, 2.05) is 0 Å². The highest BCUT2D eigenvalue weighted by molar-refractivity contribution is 5.78. The Hall–Kier alpha value is -2.05. The molecule has 0 bridgehead atoms. The molecule has 2 rings (SSSR count). The molecule has 0 saturated carbocycles. The number of likely N-dealkylation sites (tertiary alicyclic amines) is 1. The summed E-state index contributed by atoms with van der Waals surface area (Å²) >= 11 is 0. The Morgan fingerprint density at radius 2 is 1.96 bits per heavy atom. The Bertz CT molecular complexity index is 568. The average molecular weight is 394 g/mol. The number of rotatable bonds is 8. The largest absolute Gasteiger partial charge is 0.450 e. The van der Waals surface area contributed by atoms with Gasteiger partial charge in [0.15, 0.2) is 0 Å². The first-order chi connectivity index (χ1) is 13.5. The van der Waals surface area contributed by atoms with Crippen LogP contribution in [0.15, 0.2) is 11.6 Å². The molecule has 1 heterocycles. The topological polar surface area (TPSA) is 79.0 Å². The number of hydrogen-bond acceptors (Lipinski definition) is 4. The van der Waals surface area contributed by atoms with Crippen molar-refractivity contribution in [3.05, 3.63) is 11.6 Å². The molecule has 1 aliphatic carbocycles. The lowest BCUT2D eigenvalue weighted by molar-refractivity contribution is -0.129. The highest BCUT2D eigenvalue weighted by Gasteiger charge is 2.24. The van der Waals surface area contributed by atoms with E-state index in [1.54, 1.807) is 23.6 Å². The molecule has 1 fully saturated rings. The molecule has 0 aromatic heterocycles. The van der Waals surface area contributed by atoms with E-state index in [9.17, 15) is 14.4 Å². The number of amides is 3. The summed E-state index contributed by atoms with van der Waals surface area (Å²) in [7, 11) is 0. The minimum Gasteiger partial charge on any atom is -0.450 e. The van der Waals surface area contributed by atoms with E-state index in [-0.39, 0.29) is 23.9 Å². The van der Waals surface area contributed by atoms with Crippen LogP contribution in [0, 0.1) is 0 Å². The zero-order valence-corrected chi connectivity index (χ0v) is 17.4. The smallest absolute Gasteiger partial charge is 0.409 e. The van der Waals surface area contributed by atoms with E-state index in [0.29, 0.717) is 39.2 Å². The van der Waals surface area contributed by atoms with Gasteiger partial charge in [-0.2, -0.15) is 0 Å². The fourth-order valence-corrected chi connectivity index (χ4v) is 3.79. The number of hydrogen-bond donors (Lipinski definition) is 1. The van der Waals surface area contributed by atoms with Gasteiger partial charge in [-0.1, -0.05) is 11.6 Å². The molecule has 2 aliphatic rings. The quantitative estimate of drug-likeness (QED) is 0.643. The lowest BCUT2D eigenvalue weighted by Crippen LogP contribution is -2.47. The van der Waals surface area contributed by atoms with Crippen molar-refractivity contribution < 1.29 is 19.1 Å². The number of ether oxygens (including phenoxy) is 1. The number of carbonyl (C=O) groups excluding carboxylic acids is 3. The van der Waals surface area contributed by atoms with Crippen LogP contribution in [-0.4, -0.2) is 66.5 Å². The Kier molecular flexibility index (Phi) is 9.31. The molecular formula is C21H35N3O4. The molecule has 0 atom stereocenters. The lowest BCUT2D eigenvalue weighted by atomic mass is 9.97. The number of carbonyl (C=O) groups is 3. The van der Waals surface area contributed by atoms with E-state index >= 15 is 0 Å². The summed E-state index contributed by atoms with van der Waals surface area (Å²) < 4.78 is 5.01. The van der Waals surface area contributed by atoms with E-state index in [0.717, 1.165) is 32.1 Å². The van der Waals surface area contributed by atoms with Crippen molar-refractivity contribution in [2.75, 3.05) is 32.8 Å². The normalized spacial score (nSPS) is 17.6. The molecule has 7 nitrogen and oxygen atoms in total. The van der Waals surface area contributed by atoms with Gasteiger partial charge in [-0.3, -0.25) is 9.59 Å². The average Bonchev–Trinajstić information content (AvgIpc) is 2.69. The third-order valence-corrected chi connectivity index (χ3v) is 5.53. The maximum atomic E-state index is 12.3. The van der Waals surface area contributed by atoms with Crippen molar-refractivity contribution in [2.24, 2.45) is 0 Å². The van der Waals surface area contributed by atoms with Crippen molar-refractivity contribution in [3.8, 4) is 0 Å². The van der Waals surface area contributed by atoms with Crippen molar-refractivity contribution >= 4 is 17.9 Å². The molecule has 3 amide bonds. The van der Waals surface area contributed by atoms with Crippen LogP contribution in [-0.2, 0) is 14.3 Å². The molecule has 158 valence electrons. The Labute approximate surface area is 168 Å². The minimum atomic E-state index is -0.280. The summed E-state index contributed by atoms with van der Waals surface area (Å²) in [5.74, 6) is -0.00956. The molecular weight excluding hydrogens is 358 g/mol. The van der Waals surface area contributed by atoms with Crippen LogP contribution < -0.4 is 5.32 Å². The van der Waals surface area contributed by atoms with Crippen molar-refractivity contribution in [2.45, 2.75) is 71.3 Å². The predicted octanol–water partition coefficient (Wildman–Crippen LogP) is 2.85. The number of nitrogens with one attached hydrogen (secondary N) is 1. The van der Waals surface area contributed by atoms with Gasteiger partial charge in [0.1, 0.15) is 0 Å². The first-order valence-electron chi connectivity index (χ1n) is 10.6. The zero-order valence-electron chi connectivity index (χ0n) is 17.4. The van der Waals surface area contributed by atoms with Gasteiger partial charge in [0.25, 0.3) is 0 Å².